The van der Waals surface area contributed by atoms with Gasteiger partial charge >= 0.3 is 0 Å². The van der Waals surface area contributed by atoms with Crippen LogP contribution in [0, 0.1) is 6.92 Å². The molecule has 3 nitrogen and oxygen atoms in total. The highest BCUT2D eigenvalue weighted by Crippen LogP contribution is 2.30. The van der Waals surface area contributed by atoms with E-state index >= 15 is 0 Å². The zero-order chi connectivity index (χ0) is 12.7. The first-order chi connectivity index (χ1) is 8.66. The molecule has 2 aromatic heterocycles. The molecule has 0 unspecified atom stereocenters. The highest BCUT2D eigenvalue weighted by Gasteiger charge is 2.24. The Bertz CT molecular complexity index is 568. The molecule has 1 aliphatic heterocycles. The SMILES string of the molecule is Cc1cccc2c(Cl)nc(C3CCN(C)CC3)n12. The van der Waals surface area contributed by atoms with Crippen LogP contribution >= 0.6 is 11.6 Å². The Balaban J connectivity index is 2.07. The van der Waals surface area contributed by atoms with Gasteiger partial charge in [0.25, 0.3) is 0 Å². The lowest BCUT2D eigenvalue weighted by atomic mass is 9.96. The van der Waals surface area contributed by atoms with Crippen LogP contribution in [-0.4, -0.2) is 34.4 Å². The van der Waals surface area contributed by atoms with Crippen LogP contribution in [0.5, 0.6) is 0 Å². The van der Waals surface area contributed by atoms with Gasteiger partial charge in [0.2, 0.25) is 0 Å². The van der Waals surface area contributed by atoms with Gasteiger partial charge in [-0.25, -0.2) is 4.98 Å². The normalized spacial score (nSPS) is 18.6. The monoisotopic (exact) mass is 263 g/mol. The van der Waals surface area contributed by atoms with E-state index in [1.807, 2.05) is 12.1 Å². The summed E-state index contributed by atoms with van der Waals surface area (Å²) in [5.41, 5.74) is 2.24. The van der Waals surface area contributed by atoms with Crippen molar-refractivity contribution in [3.63, 3.8) is 0 Å². The summed E-state index contributed by atoms with van der Waals surface area (Å²) in [5, 5.41) is 0.632. The van der Waals surface area contributed by atoms with Gasteiger partial charge in [0.1, 0.15) is 5.82 Å². The summed E-state index contributed by atoms with van der Waals surface area (Å²) >= 11 is 6.26. The lowest BCUT2D eigenvalue weighted by molar-refractivity contribution is 0.251. The second-order valence-electron chi connectivity index (χ2n) is 5.23. The molecule has 1 saturated heterocycles. The number of piperidine rings is 1. The van der Waals surface area contributed by atoms with Gasteiger partial charge in [-0.3, -0.25) is 4.40 Å². The minimum atomic E-state index is 0.530. The first-order valence-electron chi connectivity index (χ1n) is 6.49. The molecule has 0 N–H and O–H groups in total. The van der Waals surface area contributed by atoms with Gasteiger partial charge in [-0.15, -0.1) is 0 Å². The number of nitrogens with zero attached hydrogens (tertiary/aromatic N) is 3. The Morgan fingerprint density at radius 2 is 2.00 bits per heavy atom. The maximum absolute atomic E-state index is 6.26. The summed E-state index contributed by atoms with van der Waals surface area (Å²) in [7, 11) is 2.18. The Labute approximate surface area is 112 Å². The van der Waals surface area contributed by atoms with Gasteiger partial charge in [0, 0.05) is 11.6 Å². The summed E-state index contributed by atoms with van der Waals surface area (Å²) in [6.45, 7) is 4.40. The largest absolute Gasteiger partial charge is 0.306 e. The first kappa shape index (κ1) is 12.0. The Kier molecular flexibility index (Phi) is 3.04. The zero-order valence-corrected chi connectivity index (χ0v) is 11.6. The molecule has 0 aliphatic carbocycles. The Morgan fingerprint density at radius 1 is 1.28 bits per heavy atom. The maximum atomic E-state index is 6.26. The molecule has 0 radical (unpaired) electrons. The highest BCUT2D eigenvalue weighted by molar-refractivity contribution is 6.32. The fourth-order valence-corrected chi connectivity index (χ4v) is 3.07. The summed E-state index contributed by atoms with van der Waals surface area (Å²) in [5.74, 6) is 1.67. The third-order valence-corrected chi connectivity index (χ3v) is 4.20. The molecular formula is C14H18ClN3. The quantitative estimate of drug-likeness (QED) is 0.788. The van der Waals surface area contributed by atoms with E-state index < -0.39 is 0 Å². The molecule has 18 heavy (non-hydrogen) atoms. The summed E-state index contributed by atoms with van der Waals surface area (Å²) < 4.78 is 2.22. The predicted molar refractivity (Wildman–Crippen MR) is 74.4 cm³/mol. The number of rotatable bonds is 1. The number of aryl methyl sites for hydroxylation is 1. The molecular weight excluding hydrogens is 246 g/mol. The van der Waals surface area contributed by atoms with Crippen molar-refractivity contribution < 1.29 is 0 Å². The highest BCUT2D eigenvalue weighted by atomic mass is 35.5. The number of hydrogen-bond acceptors (Lipinski definition) is 2. The number of likely N-dealkylation sites (tertiary alicyclic amines) is 1. The van der Waals surface area contributed by atoms with Gasteiger partial charge in [0.05, 0.1) is 5.52 Å². The number of aromatic nitrogens is 2. The van der Waals surface area contributed by atoms with Gasteiger partial charge in [0.15, 0.2) is 5.15 Å². The number of hydrogen-bond donors (Lipinski definition) is 0. The zero-order valence-electron chi connectivity index (χ0n) is 10.9. The van der Waals surface area contributed by atoms with E-state index in [4.69, 9.17) is 11.6 Å². The Morgan fingerprint density at radius 3 is 2.72 bits per heavy atom. The van der Waals surface area contributed by atoms with Gasteiger partial charge in [-0.05, 0) is 52.0 Å². The van der Waals surface area contributed by atoms with Crippen molar-refractivity contribution in [1.29, 1.82) is 0 Å². The molecule has 0 amide bonds. The molecule has 1 fully saturated rings. The van der Waals surface area contributed by atoms with Crippen LogP contribution in [0.4, 0.5) is 0 Å². The van der Waals surface area contributed by atoms with E-state index in [-0.39, 0.29) is 0 Å². The van der Waals surface area contributed by atoms with Crippen LogP contribution in [0.25, 0.3) is 5.52 Å². The summed E-state index contributed by atoms with van der Waals surface area (Å²) in [6.07, 6.45) is 2.33. The minimum Gasteiger partial charge on any atom is -0.306 e. The molecule has 1 aliphatic rings. The van der Waals surface area contributed by atoms with E-state index in [1.54, 1.807) is 0 Å². The van der Waals surface area contributed by atoms with Crippen molar-refractivity contribution in [2.75, 3.05) is 20.1 Å². The maximum Gasteiger partial charge on any atom is 0.155 e. The number of imidazole rings is 1. The van der Waals surface area contributed by atoms with Gasteiger partial charge in [-0.2, -0.15) is 0 Å². The smallest absolute Gasteiger partial charge is 0.155 e. The van der Waals surface area contributed by atoms with Crippen LogP contribution in [0.3, 0.4) is 0 Å². The predicted octanol–water partition coefficient (Wildman–Crippen LogP) is 3.11. The molecule has 0 atom stereocenters. The van der Waals surface area contributed by atoms with Crippen molar-refractivity contribution in [3.05, 3.63) is 34.9 Å². The average Bonchev–Trinajstić information content (AvgIpc) is 2.70. The van der Waals surface area contributed by atoms with Crippen molar-refractivity contribution in [3.8, 4) is 0 Å². The third kappa shape index (κ3) is 1.91. The van der Waals surface area contributed by atoms with Crippen molar-refractivity contribution in [1.82, 2.24) is 14.3 Å². The molecule has 4 heteroatoms. The van der Waals surface area contributed by atoms with Crippen LogP contribution < -0.4 is 0 Å². The first-order valence-corrected chi connectivity index (χ1v) is 6.86. The lowest BCUT2D eigenvalue weighted by Gasteiger charge is -2.28. The number of pyridine rings is 1. The molecule has 2 aromatic rings. The average molecular weight is 264 g/mol. The van der Waals surface area contributed by atoms with E-state index in [1.165, 1.54) is 18.5 Å². The third-order valence-electron chi connectivity index (χ3n) is 3.92. The molecule has 3 heterocycles. The lowest BCUT2D eigenvalue weighted by Crippen LogP contribution is -2.30. The van der Waals surface area contributed by atoms with Crippen molar-refractivity contribution in [2.24, 2.45) is 0 Å². The van der Waals surface area contributed by atoms with Crippen molar-refractivity contribution >= 4 is 17.1 Å². The molecule has 0 aromatic carbocycles. The molecule has 0 bridgehead atoms. The molecule has 96 valence electrons. The van der Waals surface area contributed by atoms with Crippen LogP contribution in [0.15, 0.2) is 18.2 Å². The summed E-state index contributed by atoms with van der Waals surface area (Å²) in [4.78, 5) is 6.98. The second kappa shape index (κ2) is 4.56. The molecule has 0 spiro atoms. The number of halogens is 1. The van der Waals surface area contributed by atoms with E-state index in [9.17, 15) is 0 Å². The van der Waals surface area contributed by atoms with Crippen LogP contribution in [-0.2, 0) is 0 Å². The van der Waals surface area contributed by atoms with Crippen LogP contribution in [0.2, 0.25) is 5.15 Å². The topological polar surface area (TPSA) is 20.5 Å². The minimum absolute atomic E-state index is 0.530. The summed E-state index contributed by atoms with van der Waals surface area (Å²) in [6, 6.07) is 6.20. The van der Waals surface area contributed by atoms with E-state index in [0.29, 0.717) is 11.1 Å². The van der Waals surface area contributed by atoms with Crippen LogP contribution in [0.1, 0.15) is 30.3 Å². The van der Waals surface area contributed by atoms with Gasteiger partial charge in [-0.1, -0.05) is 17.7 Å². The molecule has 0 saturated carbocycles. The van der Waals surface area contributed by atoms with Crippen molar-refractivity contribution in [2.45, 2.75) is 25.7 Å². The van der Waals surface area contributed by atoms with Gasteiger partial charge < -0.3 is 4.90 Å². The molecule has 3 rings (SSSR count). The number of fused-ring (bicyclic) bond motifs is 1. The fraction of sp³-hybridized carbons (Fsp3) is 0.500. The second-order valence-corrected chi connectivity index (χ2v) is 5.58. The standard InChI is InChI=1S/C14H18ClN3/c1-10-4-3-5-12-13(15)16-14(18(10)12)11-6-8-17(2)9-7-11/h3-5,11H,6-9H2,1-2H3. The fourth-order valence-electron chi connectivity index (χ4n) is 2.83. The van der Waals surface area contributed by atoms with E-state index in [2.05, 4.69) is 34.3 Å². The van der Waals surface area contributed by atoms with E-state index in [0.717, 1.165) is 24.4 Å². The Hall–Kier alpha value is -1.06.